The van der Waals surface area contributed by atoms with E-state index < -0.39 is 21.1 Å². The minimum atomic E-state index is -4.86. The summed E-state index contributed by atoms with van der Waals surface area (Å²) in [5.74, 6) is -1.63. The second-order valence-corrected chi connectivity index (χ2v) is 5.51. The van der Waals surface area contributed by atoms with Crippen LogP contribution in [0.15, 0.2) is 0 Å². The molecular weight excluding hydrogens is 208 g/mol. The first kappa shape index (κ1) is 11.2. The zero-order valence-electron chi connectivity index (χ0n) is 4.88. The third kappa shape index (κ3) is 4.58. The summed E-state index contributed by atoms with van der Waals surface area (Å²) in [7, 11) is -9.71. The fraction of sp³-hybridized carbons (Fsp3) is 1.00. The predicted octanol–water partition coefficient (Wildman–Crippen LogP) is 1.12. The van der Waals surface area contributed by atoms with Crippen molar-refractivity contribution in [2.45, 2.75) is 0 Å². The zero-order chi connectivity index (χ0) is 9.12. The van der Waals surface area contributed by atoms with Crippen molar-refractivity contribution in [3.8, 4) is 0 Å². The largest absolute Gasteiger partial charge is 0.373 e. The van der Waals surface area contributed by atoms with Gasteiger partial charge in [0, 0.05) is 0 Å². The van der Waals surface area contributed by atoms with Crippen LogP contribution in [0.4, 0.5) is 9.05 Å². The maximum Gasteiger partial charge on any atom is 0.373 e. The Labute approximate surface area is 59.6 Å². The van der Waals surface area contributed by atoms with Gasteiger partial charge in [0.25, 0.3) is 0 Å². The lowest BCUT2D eigenvalue weighted by Gasteiger charge is -2.06. The highest BCUT2D eigenvalue weighted by Crippen LogP contribution is 2.58. The summed E-state index contributed by atoms with van der Waals surface area (Å²) in [6.45, 7) is 0. The number of hydrogen-bond donors (Lipinski definition) is 2. The SMILES string of the molecule is O=P(O)(CP(=O)(O)OF)OF. The van der Waals surface area contributed by atoms with Crippen molar-refractivity contribution in [3.05, 3.63) is 0 Å². The molecular formula is CH4F2O6P2. The van der Waals surface area contributed by atoms with Crippen LogP contribution < -0.4 is 0 Å². The molecule has 0 fully saturated rings. The van der Waals surface area contributed by atoms with Crippen molar-refractivity contribution in [1.82, 2.24) is 0 Å². The molecule has 0 aromatic carbocycles. The van der Waals surface area contributed by atoms with E-state index in [1.54, 1.807) is 0 Å². The van der Waals surface area contributed by atoms with E-state index in [4.69, 9.17) is 9.79 Å². The van der Waals surface area contributed by atoms with E-state index in [0.717, 1.165) is 0 Å². The highest BCUT2D eigenvalue weighted by molar-refractivity contribution is 7.70. The standard InChI is InChI=1S/CH4F2O6P2/c2-8-10(4,5)1-11(6,7)9-3/h1H2,(H,4,5)(H,6,7). The minimum Gasteiger partial charge on any atom is -0.322 e. The van der Waals surface area contributed by atoms with Crippen molar-refractivity contribution in [3.63, 3.8) is 0 Å². The molecule has 0 aliphatic rings. The van der Waals surface area contributed by atoms with Gasteiger partial charge >= 0.3 is 15.2 Å². The first-order valence-electron chi connectivity index (χ1n) is 2.07. The molecule has 0 saturated heterocycles. The van der Waals surface area contributed by atoms with Crippen molar-refractivity contribution in [2.24, 2.45) is 0 Å². The second-order valence-electron chi connectivity index (χ2n) is 1.55. The topological polar surface area (TPSA) is 93.1 Å². The van der Waals surface area contributed by atoms with Gasteiger partial charge in [-0.2, -0.15) is 0 Å². The lowest BCUT2D eigenvalue weighted by atomic mass is 11.9. The first-order valence-corrected chi connectivity index (χ1v) is 5.60. The Kier molecular flexibility index (Phi) is 3.76. The molecule has 2 atom stereocenters. The lowest BCUT2D eigenvalue weighted by molar-refractivity contribution is -0.0259. The van der Waals surface area contributed by atoms with Crippen LogP contribution in [0.2, 0.25) is 0 Å². The third-order valence-corrected chi connectivity index (χ3v) is 3.86. The van der Waals surface area contributed by atoms with E-state index in [1.165, 1.54) is 0 Å². The molecule has 6 nitrogen and oxygen atoms in total. The molecule has 10 heteroatoms. The van der Waals surface area contributed by atoms with Gasteiger partial charge in [0.15, 0.2) is 5.90 Å². The Bertz CT molecular complexity index is 193. The molecule has 2 unspecified atom stereocenters. The normalized spacial score (nSPS) is 22.2. The van der Waals surface area contributed by atoms with Gasteiger partial charge in [-0.1, -0.05) is 0 Å². The molecule has 0 aromatic heterocycles. The number of hydrogen-bond acceptors (Lipinski definition) is 4. The van der Waals surface area contributed by atoms with Crippen molar-refractivity contribution in [1.29, 1.82) is 0 Å². The Hall–Kier alpha value is 0.160. The average Bonchev–Trinajstić information content (AvgIpc) is 1.86. The van der Waals surface area contributed by atoms with Crippen LogP contribution in [0.3, 0.4) is 0 Å². The minimum absolute atomic E-state index is 1.63. The van der Waals surface area contributed by atoms with Gasteiger partial charge < -0.3 is 9.79 Å². The number of halogens is 2. The molecule has 0 heterocycles. The predicted molar refractivity (Wildman–Crippen MR) is 28.9 cm³/mol. The fourth-order valence-corrected chi connectivity index (χ4v) is 2.43. The van der Waals surface area contributed by atoms with Crippen molar-refractivity contribution >= 4 is 15.2 Å². The Balaban J connectivity index is 4.26. The summed E-state index contributed by atoms with van der Waals surface area (Å²) in [5.41, 5.74) is 0. The smallest absolute Gasteiger partial charge is 0.322 e. The monoisotopic (exact) mass is 212 g/mol. The summed E-state index contributed by atoms with van der Waals surface area (Å²) in [6, 6.07) is 0. The molecule has 0 aromatic rings. The maximum atomic E-state index is 11.0. The summed E-state index contributed by atoms with van der Waals surface area (Å²) in [5, 5.41) is 0. The van der Waals surface area contributed by atoms with E-state index in [0.29, 0.717) is 0 Å². The van der Waals surface area contributed by atoms with Crippen LogP contribution in [-0.4, -0.2) is 15.7 Å². The molecule has 0 saturated carbocycles. The van der Waals surface area contributed by atoms with E-state index in [2.05, 4.69) is 9.46 Å². The van der Waals surface area contributed by atoms with E-state index in [1.807, 2.05) is 0 Å². The van der Waals surface area contributed by atoms with Gasteiger partial charge in [-0.05, 0) is 9.05 Å². The van der Waals surface area contributed by atoms with Gasteiger partial charge in [-0.25, -0.2) is 0 Å². The lowest BCUT2D eigenvalue weighted by Crippen LogP contribution is -1.91. The van der Waals surface area contributed by atoms with Crippen LogP contribution in [-0.2, 0) is 18.6 Å². The van der Waals surface area contributed by atoms with Crippen LogP contribution in [0.5, 0.6) is 0 Å². The van der Waals surface area contributed by atoms with Gasteiger partial charge in [0.1, 0.15) is 0 Å². The molecule has 0 aliphatic heterocycles. The van der Waals surface area contributed by atoms with E-state index in [9.17, 15) is 18.2 Å². The Morgan fingerprint density at radius 2 is 1.36 bits per heavy atom. The summed E-state index contributed by atoms with van der Waals surface area (Å²) >= 11 is 0. The molecule has 11 heavy (non-hydrogen) atoms. The van der Waals surface area contributed by atoms with Gasteiger partial charge in [0.2, 0.25) is 0 Å². The Morgan fingerprint density at radius 1 is 1.09 bits per heavy atom. The number of rotatable bonds is 4. The highest BCUT2D eigenvalue weighted by atomic mass is 31.2. The van der Waals surface area contributed by atoms with Gasteiger partial charge in [0.05, 0.1) is 0 Å². The summed E-state index contributed by atoms with van der Waals surface area (Å²) in [6.07, 6.45) is 0. The molecule has 2 N–H and O–H groups in total. The third-order valence-electron chi connectivity index (χ3n) is 0.573. The quantitative estimate of drug-likeness (QED) is 0.678. The molecule has 0 spiro atoms. The first-order chi connectivity index (χ1) is 4.83. The van der Waals surface area contributed by atoms with Gasteiger partial charge in [-0.3, -0.25) is 9.13 Å². The molecule has 0 rings (SSSR count). The van der Waals surface area contributed by atoms with Crippen LogP contribution in [0.1, 0.15) is 0 Å². The molecule has 68 valence electrons. The van der Waals surface area contributed by atoms with Crippen LogP contribution in [0, 0.1) is 0 Å². The maximum absolute atomic E-state index is 11.0. The molecule has 0 amide bonds. The average molecular weight is 212 g/mol. The molecule has 0 aliphatic carbocycles. The van der Waals surface area contributed by atoms with Crippen LogP contribution >= 0.6 is 15.2 Å². The molecule has 0 bridgehead atoms. The van der Waals surface area contributed by atoms with E-state index >= 15 is 0 Å². The Morgan fingerprint density at radius 3 is 1.55 bits per heavy atom. The van der Waals surface area contributed by atoms with Crippen molar-refractivity contribution < 1.29 is 37.4 Å². The van der Waals surface area contributed by atoms with E-state index in [-0.39, 0.29) is 0 Å². The summed E-state index contributed by atoms with van der Waals surface area (Å²) < 4.78 is 47.1. The van der Waals surface area contributed by atoms with Crippen molar-refractivity contribution in [2.75, 3.05) is 5.90 Å². The zero-order valence-corrected chi connectivity index (χ0v) is 6.67. The van der Waals surface area contributed by atoms with Gasteiger partial charge in [-0.15, -0.1) is 9.46 Å². The fourth-order valence-electron chi connectivity index (χ4n) is 0.269. The summed E-state index contributed by atoms with van der Waals surface area (Å²) in [4.78, 5) is 16.3. The molecule has 0 radical (unpaired) electrons. The second kappa shape index (κ2) is 3.71. The van der Waals surface area contributed by atoms with Crippen LogP contribution in [0.25, 0.3) is 0 Å². The highest BCUT2D eigenvalue weighted by Gasteiger charge is 2.35.